The SMILES string of the molecule is CCn1c(S[C@@H](C)c2nnc(-c3ccc(OC)cc3)o2)nnc1-c1ccncc1. The van der Waals surface area contributed by atoms with Gasteiger partial charge in [-0.15, -0.1) is 20.4 Å². The second-order valence-electron chi connectivity index (χ2n) is 6.22. The molecule has 0 saturated heterocycles. The second kappa shape index (κ2) is 8.44. The highest BCUT2D eigenvalue weighted by Crippen LogP contribution is 2.35. The van der Waals surface area contributed by atoms with Crippen LogP contribution in [-0.2, 0) is 6.54 Å². The van der Waals surface area contributed by atoms with Crippen molar-refractivity contribution < 1.29 is 9.15 Å². The Kier molecular flexibility index (Phi) is 5.57. The molecule has 0 spiro atoms. The average Bonchev–Trinajstić information content (AvgIpc) is 3.42. The molecule has 1 aromatic carbocycles. The molecule has 0 saturated carbocycles. The Hall–Kier alpha value is -3.20. The molecule has 8 nitrogen and oxygen atoms in total. The summed E-state index contributed by atoms with van der Waals surface area (Å²) in [5.41, 5.74) is 1.83. The van der Waals surface area contributed by atoms with Crippen LogP contribution in [0.15, 0.2) is 58.4 Å². The molecule has 0 aliphatic rings. The van der Waals surface area contributed by atoms with Crippen molar-refractivity contribution in [2.45, 2.75) is 30.8 Å². The van der Waals surface area contributed by atoms with Crippen molar-refractivity contribution in [3.63, 3.8) is 0 Å². The maximum Gasteiger partial charge on any atom is 0.247 e. The molecule has 0 amide bonds. The Morgan fingerprint density at radius 2 is 1.76 bits per heavy atom. The van der Waals surface area contributed by atoms with E-state index in [-0.39, 0.29) is 5.25 Å². The average molecular weight is 408 g/mol. The van der Waals surface area contributed by atoms with Crippen molar-refractivity contribution in [2.75, 3.05) is 7.11 Å². The minimum atomic E-state index is -0.0747. The van der Waals surface area contributed by atoms with Gasteiger partial charge in [0.05, 0.1) is 12.4 Å². The fourth-order valence-corrected chi connectivity index (χ4v) is 3.78. The van der Waals surface area contributed by atoms with E-state index in [1.807, 2.05) is 43.3 Å². The molecule has 29 heavy (non-hydrogen) atoms. The molecule has 3 heterocycles. The van der Waals surface area contributed by atoms with E-state index >= 15 is 0 Å². The Morgan fingerprint density at radius 1 is 1.00 bits per heavy atom. The lowest BCUT2D eigenvalue weighted by Crippen LogP contribution is -2.01. The summed E-state index contributed by atoms with van der Waals surface area (Å²) < 4.78 is 13.1. The molecule has 0 N–H and O–H groups in total. The van der Waals surface area contributed by atoms with E-state index in [2.05, 4.69) is 36.9 Å². The Bertz CT molecular complexity index is 1080. The number of rotatable bonds is 7. The van der Waals surface area contributed by atoms with E-state index in [0.717, 1.165) is 34.4 Å². The van der Waals surface area contributed by atoms with Gasteiger partial charge in [-0.3, -0.25) is 4.98 Å². The largest absolute Gasteiger partial charge is 0.497 e. The molecule has 0 fully saturated rings. The first-order valence-electron chi connectivity index (χ1n) is 9.17. The van der Waals surface area contributed by atoms with E-state index < -0.39 is 0 Å². The molecule has 0 unspecified atom stereocenters. The lowest BCUT2D eigenvalue weighted by molar-refractivity contribution is 0.415. The van der Waals surface area contributed by atoms with Crippen molar-refractivity contribution in [1.29, 1.82) is 0 Å². The van der Waals surface area contributed by atoms with Crippen molar-refractivity contribution in [3.05, 3.63) is 54.7 Å². The van der Waals surface area contributed by atoms with Crippen LogP contribution in [0, 0.1) is 0 Å². The fourth-order valence-electron chi connectivity index (χ4n) is 2.83. The highest BCUT2D eigenvalue weighted by Gasteiger charge is 2.21. The summed E-state index contributed by atoms with van der Waals surface area (Å²) in [5.74, 6) is 2.61. The number of methoxy groups -OCH3 is 1. The third-order valence-corrected chi connectivity index (χ3v) is 5.45. The number of hydrogen-bond acceptors (Lipinski definition) is 8. The first kappa shape index (κ1) is 19.1. The molecule has 1 atom stereocenters. The molecule has 4 aromatic rings. The van der Waals surface area contributed by atoms with Crippen LogP contribution < -0.4 is 4.74 Å². The number of pyridine rings is 1. The zero-order valence-corrected chi connectivity index (χ0v) is 17.1. The van der Waals surface area contributed by atoms with Gasteiger partial charge in [0.15, 0.2) is 11.0 Å². The van der Waals surface area contributed by atoms with Crippen LogP contribution in [0.4, 0.5) is 0 Å². The number of aromatic nitrogens is 6. The van der Waals surface area contributed by atoms with Gasteiger partial charge in [0.25, 0.3) is 0 Å². The van der Waals surface area contributed by atoms with Crippen molar-refractivity contribution in [1.82, 2.24) is 29.9 Å². The number of ether oxygens (including phenoxy) is 1. The number of hydrogen-bond donors (Lipinski definition) is 0. The summed E-state index contributed by atoms with van der Waals surface area (Å²) in [6, 6.07) is 11.4. The van der Waals surface area contributed by atoms with E-state index in [4.69, 9.17) is 9.15 Å². The number of nitrogens with zero attached hydrogens (tertiary/aromatic N) is 6. The summed E-state index contributed by atoms with van der Waals surface area (Å²) in [7, 11) is 1.63. The molecule has 3 aromatic heterocycles. The smallest absolute Gasteiger partial charge is 0.247 e. The monoisotopic (exact) mass is 408 g/mol. The second-order valence-corrected chi connectivity index (χ2v) is 7.53. The van der Waals surface area contributed by atoms with Crippen LogP contribution in [0.5, 0.6) is 5.75 Å². The van der Waals surface area contributed by atoms with Gasteiger partial charge >= 0.3 is 0 Å². The molecule has 0 bridgehead atoms. The highest BCUT2D eigenvalue weighted by molar-refractivity contribution is 7.99. The van der Waals surface area contributed by atoms with Gasteiger partial charge < -0.3 is 13.7 Å². The maximum atomic E-state index is 5.89. The van der Waals surface area contributed by atoms with Gasteiger partial charge in [0.1, 0.15) is 5.75 Å². The third-order valence-electron chi connectivity index (χ3n) is 4.38. The highest BCUT2D eigenvalue weighted by atomic mass is 32.2. The van der Waals surface area contributed by atoms with Gasteiger partial charge in [0.2, 0.25) is 11.8 Å². The Labute approximate surface area is 172 Å². The fraction of sp³-hybridized carbons (Fsp3) is 0.250. The molecule has 9 heteroatoms. The van der Waals surface area contributed by atoms with Crippen LogP contribution in [0.2, 0.25) is 0 Å². The number of benzene rings is 1. The predicted molar refractivity (Wildman–Crippen MR) is 109 cm³/mol. The minimum Gasteiger partial charge on any atom is -0.497 e. The standard InChI is InChI=1S/C20H20N6O2S/c1-4-26-17(14-9-11-21-12-10-14)22-25-20(26)29-13(2)18-23-24-19(28-18)15-5-7-16(27-3)8-6-15/h5-13H,4H2,1-3H3/t13-/m0/s1. The zero-order valence-electron chi connectivity index (χ0n) is 16.3. The van der Waals surface area contributed by atoms with E-state index in [1.165, 1.54) is 11.8 Å². The summed E-state index contributed by atoms with van der Waals surface area (Å²) in [6.45, 7) is 4.83. The normalized spacial score (nSPS) is 12.1. The van der Waals surface area contributed by atoms with Gasteiger partial charge in [-0.05, 0) is 50.2 Å². The third kappa shape index (κ3) is 4.00. The minimum absolute atomic E-state index is 0.0747. The molecule has 0 radical (unpaired) electrons. The van der Waals surface area contributed by atoms with Crippen LogP contribution in [0.3, 0.4) is 0 Å². The van der Waals surface area contributed by atoms with Crippen molar-refractivity contribution in [2.24, 2.45) is 0 Å². The Balaban J connectivity index is 1.53. The molecular formula is C20H20N6O2S. The summed E-state index contributed by atoms with van der Waals surface area (Å²) in [4.78, 5) is 4.06. The quantitative estimate of drug-likeness (QED) is 0.419. The Morgan fingerprint density at radius 3 is 2.45 bits per heavy atom. The van der Waals surface area contributed by atoms with E-state index in [0.29, 0.717) is 11.8 Å². The first-order valence-corrected chi connectivity index (χ1v) is 10.1. The number of thioether (sulfide) groups is 1. The zero-order chi connectivity index (χ0) is 20.2. The molecule has 0 aliphatic heterocycles. The lowest BCUT2D eigenvalue weighted by Gasteiger charge is -2.09. The van der Waals surface area contributed by atoms with Gasteiger partial charge in [-0.25, -0.2) is 0 Å². The van der Waals surface area contributed by atoms with Gasteiger partial charge in [0, 0.05) is 30.1 Å². The van der Waals surface area contributed by atoms with Crippen molar-refractivity contribution in [3.8, 4) is 28.6 Å². The lowest BCUT2D eigenvalue weighted by atomic mass is 10.2. The van der Waals surface area contributed by atoms with Gasteiger partial charge in [-0.1, -0.05) is 11.8 Å². The van der Waals surface area contributed by atoms with Crippen LogP contribution >= 0.6 is 11.8 Å². The summed E-state index contributed by atoms with van der Waals surface area (Å²) in [5, 5.41) is 17.8. The molecular weight excluding hydrogens is 388 g/mol. The summed E-state index contributed by atoms with van der Waals surface area (Å²) in [6.07, 6.45) is 3.50. The summed E-state index contributed by atoms with van der Waals surface area (Å²) >= 11 is 1.54. The van der Waals surface area contributed by atoms with Crippen LogP contribution in [0.25, 0.3) is 22.8 Å². The molecule has 0 aliphatic carbocycles. The molecule has 4 rings (SSSR count). The predicted octanol–water partition coefficient (Wildman–Crippen LogP) is 4.27. The first-order chi connectivity index (χ1) is 14.2. The topological polar surface area (TPSA) is 91.8 Å². The molecule has 148 valence electrons. The van der Waals surface area contributed by atoms with Gasteiger partial charge in [-0.2, -0.15) is 0 Å². The van der Waals surface area contributed by atoms with E-state index in [1.54, 1.807) is 19.5 Å². The van der Waals surface area contributed by atoms with Crippen LogP contribution in [0.1, 0.15) is 25.0 Å². The van der Waals surface area contributed by atoms with E-state index in [9.17, 15) is 0 Å². The maximum absolute atomic E-state index is 5.89. The van der Waals surface area contributed by atoms with Crippen molar-refractivity contribution >= 4 is 11.8 Å². The van der Waals surface area contributed by atoms with Crippen LogP contribution in [-0.4, -0.2) is 37.1 Å².